The van der Waals surface area contributed by atoms with E-state index >= 15 is 0 Å². The van der Waals surface area contributed by atoms with E-state index in [2.05, 4.69) is 0 Å². The van der Waals surface area contributed by atoms with Crippen LogP contribution in [0.1, 0.15) is 24.2 Å². The zero-order valence-corrected chi connectivity index (χ0v) is 13.6. The van der Waals surface area contributed by atoms with Crippen LogP contribution in [0.5, 0.6) is 0 Å². The van der Waals surface area contributed by atoms with Crippen molar-refractivity contribution in [1.29, 1.82) is 0 Å². The van der Waals surface area contributed by atoms with Crippen LogP contribution in [0.25, 0.3) is 5.69 Å². The first kappa shape index (κ1) is 16.4. The van der Waals surface area contributed by atoms with E-state index in [9.17, 15) is 14.0 Å². The summed E-state index contributed by atoms with van der Waals surface area (Å²) >= 11 is 0. The maximum atomic E-state index is 13.1. The van der Waals surface area contributed by atoms with Gasteiger partial charge in [-0.25, -0.2) is 4.39 Å². The summed E-state index contributed by atoms with van der Waals surface area (Å²) in [5.74, 6) is -0.525. The number of carbonyl (C=O) groups excluding carboxylic acids is 1. The molecule has 2 atom stereocenters. The molecule has 1 aromatic heterocycles. The quantitative estimate of drug-likeness (QED) is 0.848. The van der Waals surface area contributed by atoms with Crippen LogP contribution in [0.15, 0.2) is 47.4 Å². The molecule has 1 aliphatic rings. The van der Waals surface area contributed by atoms with Crippen molar-refractivity contribution < 1.29 is 13.9 Å². The molecule has 0 radical (unpaired) electrons. The Kier molecular flexibility index (Phi) is 4.49. The molecule has 2 unspecified atom stereocenters. The summed E-state index contributed by atoms with van der Waals surface area (Å²) < 4.78 is 20.1. The molecule has 1 aromatic carbocycles. The van der Waals surface area contributed by atoms with Crippen molar-refractivity contribution in [1.82, 2.24) is 9.47 Å². The molecule has 0 bridgehead atoms. The van der Waals surface area contributed by atoms with E-state index in [1.54, 1.807) is 4.90 Å². The maximum absolute atomic E-state index is 13.1. The Morgan fingerprint density at radius 1 is 1.08 bits per heavy atom. The van der Waals surface area contributed by atoms with Crippen molar-refractivity contribution in [3.63, 3.8) is 0 Å². The van der Waals surface area contributed by atoms with Crippen molar-refractivity contribution >= 4 is 5.91 Å². The summed E-state index contributed by atoms with van der Waals surface area (Å²) in [4.78, 5) is 26.5. The Labute approximate surface area is 139 Å². The third kappa shape index (κ3) is 3.38. The number of benzene rings is 1. The maximum Gasteiger partial charge on any atom is 0.255 e. The van der Waals surface area contributed by atoms with Gasteiger partial charge in [0.1, 0.15) is 5.82 Å². The molecule has 5 nitrogen and oxygen atoms in total. The van der Waals surface area contributed by atoms with Gasteiger partial charge in [0.25, 0.3) is 11.5 Å². The van der Waals surface area contributed by atoms with E-state index in [1.807, 2.05) is 13.8 Å². The van der Waals surface area contributed by atoms with Gasteiger partial charge in [-0.15, -0.1) is 0 Å². The number of nitrogens with zero attached hydrogens (tertiary/aromatic N) is 2. The molecule has 0 aliphatic carbocycles. The van der Waals surface area contributed by atoms with Crippen molar-refractivity contribution in [2.75, 3.05) is 13.1 Å². The largest absolute Gasteiger partial charge is 0.372 e. The molecule has 1 saturated heterocycles. The number of carbonyl (C=O) groups is 1. The number of morpholine rings is 1. The Bertz CT molecular complexity index is 791. The predicted molar refractivity (Wildman–Crippen MR) is 87.9 cm³/mol. The van der Waals surface area contributed by atoms with Gasteiger partial charge in [-0.05, 0) is 44.2 Å². The Hall–Kier alpha value is -2.47. The van der Waals surface area contributed by atoms with E-state index < -0.39 is 0 Å². The molecule has 1 aliphatic heterocycles. The lowest BCUT2D eigenvalue weighted by Gasteiger charge is -2.35. The van der Waals surface area contributed by atoms with Crippen molar-refractivity contribution in [3.05, 3.63) is 64.3 Å². The van der Waals surface area contributed by atoms with E-state index in [-0.39, 0.29) is 29.5 Å². The van der Waals surface area contributed by atoms with E-state index in [4.69, 9.17) is 4.74 Å². The topological polar surface area (TPSA) is 51.5 Å². The Morgan fingerprint density at radius 2 is 1.71 bits per heavy atom. The number of aromatic nitrogens is 1. The summed E-state index contributed by atoms with van der Waals surface area (Å²) in [6.07, 6.45) is 1.45. The second kappa shape index (κ2) is 6.57. The standard InChI is InChI=1S/C18H19FN2O3/c1-12-9-20(10-13(2)24-12)18(23)14-3-8-17(22)21(11-14)16-6-4-15(19)5-7-16/h3-8,11-13H,9-10H2,1-2H3. The number of halogens is 1. The van der Waals surface area contributed by atoms with Crippen LogP contribution in [-0.2, 0) is 4.74 Å². The molecular formula is C18H19FN2O3. The van der Waals surface area contributed by atoms with Crippen molar-refractivity contribution in [2.45, 2.75) is 26.1 Å². The Balaban J connectivity index is 1.92. The summed E-state index contributed by atoms with van der Waals surface area (Å²) in [6.45, 7) is 4.88. The zero-order chi connectivity index (χ0) is 17.3. The molecule has 126 valence electrons. The zero-order valence-electron chi connectivity index (χ0n) is 13.6. The van der Waals surface area contributed by atoms with E-state index in [0.29, 0.717) is 24.3 Å². The fourth-order valence-corrected chi connectivity index (χ4v) is 2.94. The normalized spacial score (nSPS) is 20.9. The van der Waals surface area contributed by atoms with Gasteiger partial charge in [-0.3, -0.25) is 14.2 Å². The fraction of sp³-hybridized carbons (Fsp3) is 0.333. The summed E-state index contributed by atoms with van der Waals surface area (Å²) in [5, 5.41) is 0. The number of rotatable bonds is 2. The molecule has 1 amide bonds. The van der Waals surface area contributed by atoms with Crippen LogP contribution in [-0.4, -0.2) is 40.7 Å². The average Bonchev–Trinajstić information content (AvgIpc) is 2.55. The summed E-state index contributed by atoms with van der Waals surface area (Å²) in [7, 11) is 0. The molecule has 0 saturated carbocycles. The Morgan fingerprint density at radius 3 is 2.33 bits per heavy atom. The summed E-state index contributed by atoms with van der Waals surface area (Å²) in [6, 6.07) is 8.44. The van der Waals surface area contributed by atoms with Gasteiger partial charge < -0.3 is 9.64 Å². The highest BCUT2D eigenvalue weighted by molar-refractivity contribution is 5.94. The van der Waals surface area contributed by atoms with E-state index in [0.717, 1.165) is 0 Å². The first-order valence-corrected chi connectivity index (χ1v) is 7.87. The van der Waals surface area contributed by atoms with E-state index in [1.165, 1.54) is 47.2 Å². The smallest absolute Gasteiger partial charge is 0.255 e. The fourth-order valence-electron chi connectivity index (χ4n) is 2.94. The lowest BCUT2D eigenvalue weighted by Crippen LogP contribution is -2.48. The molecule has 1 fully saturated rings. The van der Waals surface area contributed by atoms with Gasteiger partial charge in [-0.1, -0.05) is 0 Å². The first-order chi connectivity index (χ1) is 11.4. The SMILES string of the molecule is CC1CN(C(=O)c2ccc(=O)n(-c3ccc(F)cc3)c2)CC(C)O1. The van der Waals surface area contributed by atoms with Crippen molar-refractivity contribution in [2.24, 2.45) is 0 Å². The van der Waals surface area contributed by atoms with Gasteiger partial charge >= 0.3 is 0 Å². The molecule has 2 heterocycles. The van der Waals surface area contributed by atoms with Crippen LogP contribution in [0.3, 0.4) is 0 Å². The van der Waals surface area contributed by atoms with Crippen molar-refractivity contribution in [3.8, 4) is 5.69 Å². The minimum atomic E-state index is -0.379. The monoisotopic (exact) mass is 330 g/mol. The average molecular weight is 330 g/mol. The van der Waals surface area contributed by atoms with Gasteiger partial charge in [-0.2, -0.15) is 0 Å². The van der Waals surface area contributed by atoms with Crippen LogP contribution in [0, 0.1) is 5.82 Å². The number of hydrogen-bond acceptors (Lipinski definition) is 3. The van der Waals surface area contributed by atoms with Gasteiger partial charge in [0, 0.05) is 31.0 Å². The first-order valence-electron chi connectivity index (χ1n) is 7.87. The lowest BCUT2D eigenvalue weighted by molar-refractivity contribution is -0.0586. The van der Waals surface area contributed by atoms with Crippen LogP contribution in [0.2, 0.25) is 0 Å². The second-order valence-corrected chi connectivity index (χ2v) is 6.07. The minimum Gasteiger partial charge on any atom is -0.372 e. The van der Waals surface area contributed by atoms with Crippen LogP contribution in [0.4, 0.5) is 4.39 Å². The van der Waals surface area contributed by atoms with Crippen LogP contribution < -0.4 is 5.56 Å². The van der Waals surface area contributed by atoms with Gasteiger partial charge in [0.2, 0.25) is 0 Å². The van der Waals surface area contributed by atoms with Gasteiger partial charge in [0.05, 0.1) is 17.8 Å². The summed E-state index contributed by atoms with van der Waals surface area (Å²) in [5.41, 5.74) is 0.655. The molecule has 3 rings (SSSR count). The molecule has 24 heavy (non-hydrogen) atoms. The third-order valence-electron chi connectivity index (χ3n) is 3.97. The minimum absolute atomic E-state index is 0.0271. The highest BCUT2D eigenvalue weighted by Gasteiger charge is 2.26. The number of hydrogen-bond donors (Lipinski definition) is 0. The predicted octanol–water partition coefficient (Wildman–Crippen LogP) is 2.23. The van der Waals surface area contributed by atoms with Gasteiger partial charge in [0.15, 0.2) is 0 Å². The molecular weight excluding hydrogens is 311 g/mol. The highest BCUT2D eigenvalue weighted by atomic mass is 19.1. The number of amides is 1. The highest BCUT2D eigenvalue weighted by Crippen LogP contribution is 2.15. The molecule has 2 aromatic rings. The molecule has 0 spiro atoms. The lowest BCUT2D eigenvalue weighted by atomic mass is 10.2. The third-order valence-corrected chi connectivity index (χ3v) is 3.97. The number of ether oxygens (including phenoxy) is 1. The molecule has 0 N–H and O–H groups in total. The van der Waals surface area contributed by atoms with Crippen LogP contribution >= 0.6 is 0 Å². The number of pyridine rings is 1. The molecule has 6 heteroatoms. The second-order valence-electron chi connectivity index (χ2n) is 6.07.